The van der Waals surface area contributed by atoms with E-state index in [1.54, 1.807) is 6.92 Å². The second-order valence-electron chi connectivity index (χ2n) is 7.86. The fourth-order valence-electron chi connectivity index (χ4n) is 3.45. The molecule has 1 saturated heterocycles. The SMILES string of the molecule is CC(NC(=O)c1ncnc(N2CCOCC2)c1Cl)c1ncc(C(=O)Nc2ccc(Cl)c(C(F)(F)F)c2)s1. The van der Waals surface area contributed by atoms with Crippen LogP contribution in [0.25, 0.3) is 0 Å². The van der Waals surface area contributed by atoms with Crippen molar-refractivity contribution < 1.29 is 27.5 Å². The van der Waals surface area contributed by atoms with Gasteiger partial charge in [-0.05, 0) is 25.1 Å². The number of thiazole rings is 1. The number of hydrogen-bond donors (Lipinski definition) is 2. The van der Waals surface area contributed by atoms with Crippen molar-refractivity contribution in [1.29, 1.82) is 0 Å². The Bertz CT molecular complexity index is 1320. The molecule has 0 aliphatic carbocycles. The van der Waals surface area contributed by atoms with E-state index in [0.717, 1.165) is 23.5 Å². The van der Waals surface area contributed by atoms with Gasteiger partial charge < -0.3 is 20.3 Å². The molecule has 1 aliphatic heterocycles. The van der Waals surface area contributed by atoms with Crippen LogP contribution in [0.15, 0.2) is 30.7 Å². The third-order valence-corrected chi connectivity index (χ3v) is 7.15. The quantitative estimate of drug-likeness (QED) is 0.433. The molecule has 4 rings (SSSR count). The predicted octanol–water partition coefficient (Wildman–Crippen LogP) is 4.84. The number of amides is 2. The van der Waals surface area contributed by atoms with E-state index < -0.39 is 34.6 Å². The van der Waals surface area contributed by atoms with Crippen LogP contribution in [0.2, 0.25) is 10.0 Å². The first kappa shape index (κ1) is 27.0. The molecule has 2 amide bonds. The average molecular weight is 575 g/mol. The lowest BCUT2D eigenvalue weighted by Crippen LogP contribution is -2.37. The maximum Gasteiger partial charge on any atom is 0.417 e. The molecular formula is C22H19Cl2F3N6O3S. The Balaban J connectivity index is 1.43. The molecule has 0 radical (unpaired) electrons. The van der Waals surface area contributed by atoms with Gasteiger partial charge >= 0.3 is 6.18 Å². The number of carbonyl (C=O) groups is 2. The molecule has 3 heterocycles. The lowest BCUT2D eigenvalue weighted by atomic mass is 10.2. The van der Waals surface area contributed by atoms with Crippen molar-refractivity contribution in [2.24, 2.45) is 0 Å². The highest BCUT2D eigenvalue weighted by molar-refractivity contribution is 7.13. The van der Waals surface area contributed by atoms with Crippen molar-refractivity contribution in [3.05, 3.63) is 61.9 Å². The standard InChI is InChI=1S/C22H19Cl2F3N6O3S/c1-11(31-20(35)17-16(24)18(30-10-29-17)33-4-6-36-7-5-33)21-28-9-15(37-21)19(34)32-12-2-3-14(23)13(8-12)22(25,26)27/h2-3,8-11H,4-7H2,1H3,(H,31,35)(H,32,34). The number of carbonyl (C=O) groups excluding carboxylic acids is 2. The Kier molecular flexibility index (Phi) is 8.17. The molecule has 1 unspecified atom stereocenters. The van der Waals surface area contributed by atoms with Crippen LogP contribution < -0.4 is 15.5 Å². The van der Waals surface area contributed by atoms with Gasteiger partial charge in [0.25, 0.3) is 11.8 Å². The number of alkyl halides is 3. The average Bonchev–Trinajstić information content (AvgIpc) is 3.36. The van der Waals surface area contributed by atoms with Gasteiger partial charge in [0.15, 0.2) is 11.5 Å². The second-order valence-corrected chi connectivity index (χ2v) is 9.71. The number of nitrogens with zero attached hydrogens (tertiary/aromatic N) is 4. The van der Waals surface area contributed by atoms with Crippen LogP contribution in [0.1, 0.15) is 43.7 Å². The number of morpholine rings is 1. The molecule has 0 saturated carbocycles. The summed E-state index contributed by atoms with van der Waals surface area (Å²) in [5, 5.41) is 5.16. The monoisotopic (exact) mass is 574 g/mol. The molecular weight excluding hydrogens is 556 g/mol. The molecule has 3 aromatic rings. The normalized spacial score (nSPS) is 14.8. The second kappa shape index (κ2) is 11.2. The molecule has 1 atom stereocenters. The van der Waals surface area contributed by atoms with Crippen molar-refractivity contribution in [2.45, 2.75) is 19.1 Å². The molecule has 0 bridgehead atoms. The number of hydrogen-bond acceptors (Lipinski definition) is 8. The maximum absolute atomic E-state index is 13.1. The molecule has 15 heteroatoms. The summed E-state index contributed by atoms with van der Waals surface area (Å²) in [6, 6.07) is 2.45. The van der Waals surface area contributed by atoms with E-state index in [2.05, 4.69) is 25.6 Å². The summed E-state index contributed by atoms with van der Waals surface area (Å²) in [7, 11) is 0. The number of halogens is 5. The summed E-state index contributed by atoms with van der Waals surface area (Å²) in [4.78, 5) is 39.8. The Morgan fingerprint density at radius 3 is 2.57 bits per heavy atom. The minimum Gasteiger partial charge on any atom is -0.378 e. The first-order chi connectivity index (χ1) is 17.5. The predicted molar refractivity (Wildman–Crippen MR) is 132 cm³/mol. The molecule has 1 aromatic carbocycles. The Morgan fingerprint density at radius 1 is 1.14 bits per heavy atom. The fourth-order valence-corrected chi connectivity index (χ4v) is 4.79. The molecule has 1 aliphatic rings. The number of rotatable bonds is 6. The van der Waals surface area contributed by atoms with Gasteiger partial charge in [-0.2, -0.15) is 13.2 Å². The summed E-state index contributed by atoms with van der Waals surface area (Å²) in [5.74, 6) is -0.787. The molecule has 1 fully saturated rings. The van der Waals surface area contributed by atoms with Gasteiger partial charge in [0.2, 0.25) is 0 Å². The van der Waals surface area contributed by atoms with E-state index in [9.17, 15) is 22.8 Å². The van der Waals surface area contributed by atoms with E-state index in [1.807, 2.05) is 4.90 Å². The molecule has 37 heavy (non-hydrogen) atoms. The number of aromatic nitrogens is 3. The van der Waals surface area contributed by atoms with Gasteiger partial charge in [-0.1, -0.05) is 23.2 Å². The van der Waals surface area contributed by atoms with Crippen LogP contribution in [-0.4, -0.2) is 53.1 Å². The lowest BCUT2D eigenvalue weighted by molar-refractivity contribution is -0.137. The Hall–Kier alpha value is -3.00. The summed E-state index contributed by atoms with van der Waals surface area (Å²) in [5.41, 5.74) is -1.15. The van der Waals surface area contributed by atoms with E-state index >= 15 is 0 Å². The van der Waals surface area contributed by atoms with E-state index in [1.165, 1.54) is 18.6 Å². The number of ether oxygens (including phenoxy) is 1. The van der Waals surface area contributed by atoms with Crippen molar-refractivity contribution in [3.63, 3.8) is 0 Å². The first-order valence-corrected chi connectivity index (χ1v) is 12.4. The zero-order chi connectivity index (χ0) is 26.7. The topological polar surface area (TPSA) is 109 Å². The molecule has 9 nitrogen and oxygen atoms in total. The summed E-state index contributed by atoms with van der Waals surface area (Å²) in [6.07, 6.45) is -2.14. The molecule has 0 spiro atoms. The zero-order valence-electron chi connectivity index (χ0n) is 19.1. The first-order valence-electron chi connectivity index (χ1n) is 10.8. The molecule has 2 aromatic heterocycles. The lowest BCUT2D eigenvalue weighted by Gasteiger charge is -2.28. The van der Waals surface area contributed by atoms with Crippen LogP contribution in [0.3, 0.4) is 0 Å². The highest BCUT2D eigenvalue weighted by Crippen LogP contribution is 2.36. The van der Waals surface area contributed by atoms with Crippen molar-refractivity contribution in [3.8, 4) is 0 Å². The number of benzene rings is 1. The zero-order valence-corrected chi connectivity index (χ0v) is 21.4. The smallest absolute Gasteiger partial charge is 0.378 e. The van der Waals surface area contributed by atoms with E-state index in [0.29, 0.717) is 37.1 Å². The van der Waals surface area contributed by atoms with Gasteiger partial charge in [0, 0.05) is 18.8 Å². The molecule has 2 N–H and O–H groups in total. The Labute approximate surface area is 223 Å². The minimum absolute atomic E-state index is 0.0114. The minimum atomic E-state index is -4.67. The third kappa shape index (κ3) is 6.29. The fraction of sp³-hybridized carbons (Fsp3) is 0.318. The van der Waals surface area contributed by atoms with Crippen LogP contribution in [0.5, 0.6) is 0 Å². The summed E-state index contributed by atoms with van der Waals surface area (Å²) in [6.45, 7) is 3.84. The summed E-state index contributed by atoms with van der Waals surface area (Å²) >= 11 is 13.0. The number of anilines is 2. The maximum atomic E-state index is 13.1. The largest absolute Gasteiger partial charge is 0.417 e. The molecule has 196 valence electrons. The van der Waals surface area contributed by atoms with Crippen molar-refractivity contribution in [2.75, 3.05) is 36.5 Å². The highest BCUT2D eigenvalue weighted by atomic mass is 35.5. The van der Waals surface area contributed by atoms with Gasteiger partial charge in [-0.25, -0.2) is 15.0 Å². The van der Waals surface area contributed by atoms with Crippen LogP contribution in [-0.2, 0) is 10.9 Å². The van der Waals surface area contributed by atoms with Gasteiger partial charge in [0.1, 0.15) is 21.2 Å². The van der Waals surface area contributed by atoms with Gasteiger partial charge in [-0.3, -0.25) is 9.59 Å². The number of nitrogens with one attached hydrogen (secondary N) is 2. The van der Waals surface area contributed by atoms with Crippen LogP contribution in [0.4, 0.5) is 24.7 Å². The van der Waals surface area contributed by atoms with E-state index in [4.69, 9.17) is 27.9 Å². The van der Waals surface area contributed by atoms with Crippen molar-refractivity contribution >= 4 is 57.9 Å². The van der Waals surface area contributed by atoms with Crippen LogP contribution in [0, 0.1) is 0 Å². The van der Waals surface area contributed by atoms with Gasteiger partial charge in [0.05, 0.1) is 36.0 Å². The van der Waals surface area contributed by atoms with Crippen LogP contribution >= 0.6 is 34.5 Å². The summed E-state index contributed by atoms with van der Waals surface area (Å²) < 4.78 is 44.6. The van der Waals surface area contributed by atoms with Crippen molar-refractivity contribution in [1.82, 2.24) is 20.3 Å². The Morgan fingerprint density at radius 2 is 1.86 bits per heavy atom. The third-order valence-electron chi connectivity index (χ3n) is 5.29. The van der Waals surface area contributed by atoms with Gasteiger partial charge in [-0.15, -0.1) is 11.3 Å². The van der Waals surface area contributed by atoms with E-state index in [-0.39, 0.29) is 21.3 Å². The highest BCUT2D eigenvalue weighted by Gasteiger charge is 2.33.